The molecule has 2 aromatic rings. The maximum atomic E-state index is 11.2. The summed E-state index contributed by atoms with van der Waals surface area (Å²) in [5.74, 6) is 1.02. The van der Waals surface area contributed by atoms with Gasteiger partial charge in [0.2, 0.25) is 0 Å². The van der Waals surface area contributed by atoms with Gasteiger partial charge in [-0.05, 0) is 45.1 Å². The second-order valence-corrected chi connectivity index (χ2v) is 7.71. The molecule has 28 heavy (non-hydrogen) atoms. The summed E-state index contributed by atoms with van der Waals surface area (Å²) >= 11 is 0. The minimum Gasteiger partial charge on any atom is -0.354 e. The molecule has 7 heteroatoms. The fraction of sp³-hybridized carbons (Fsp3) is 0.476. The SMILES string of the molecule is Cc1c([C@H](C)N2CCN(c3ccc(CN(C)C)cn3)CC2)cccc1[N+](=O)[O-]. The van der Waals surface area contributed by atoms with E-state index in [0.717, 1.165) is 49.7 Å². The van der Waals surface area contributed by atoms with Crippen molar-refractivity contribution >= 4 is 11.5 Å². The highest BCUT2D eigenvalue weighted by Gasteiger charge is 2.25. The number of nitro benzene ring substituents is 1. The third kappa shape index (κ3) is 4.48. The summed E-state index contributed by atoms with van der Waals surface area (Å²) < 4.78 is 0. The maximum Gasteiger partial charge on any atom is 0.272 e. The Labute approximate surface area is 166 Å². The van der Waals surface area contributed by atoms with E-state index in [0.29, 0.717) is 0 Å². The molecule has 1 aromatic heterocycles. The maximum absolute atomic E-state index is 11.2. The van der Waals surface area contributed by atoms with Crippen molar-refractivity contribution in [2.24, 2.45) is 0 Å². The van der Waals surface area contributed by atoms with Crippen LogP contribution in [0.3, 0.4) is 0 Å². The smallest absolute Gasteiger partial charge is 0.272 e. The predicted octanol–water partition coefficient (Wildman–Crippen LogP) is 3.24. The van der Waals surface area contributed by atoms with Gasteiger partial charge in [-0.15, -0.1) is 0 Å². The summed E-state index contributed by atoms with van der Waals surface area (Å²) in [6, 6.07) is 9.76. The van der Waals surface area contributed by atoms with E-state index in [1.54, 1.807) is 12.1 Å². The molecule has 0 unspecified atom stereocenters. The van der Waals surface area contributed by atoms with Gasteiger partial charge in [0.25, 0.3) is 5.69 Å². The number of benzene rings is 1. The van der Waals surface area contributed by atoms with Gasteiger partial charge in [-0.3, -0.25) is 15.0 Å². The lowest BCUT2D eigenvalue weighted by Crippen LogP contribution is -2.47. The highest BCUT2D eigenvalue weighted by atomic mass is 16.6. The van der Waals surface area contributed by atoms with Crippen LogP contribution in [0.25, 0.3) is 0 Å². The molecule has 150 valence electrons. The zero-order valence-corrected chi connectivity index (χ0v) is 17.1. The molecule has 1 aromatic carbocycles. The van der Waals surface area contributed by atoms with Gasteiger partial charge in [0.05, 0.1) is 4.92 Å². The van der Waals surface area contributed by atoms with Crippen LogP contribution in [0.2, 0.25) is 0 Å². The molecule has 0 spiro atoms. The van der Waals surface area contributed by atoms with Gasteiger partial charge in [-0.2, -0.15) is 0 Å². The van der Waals surface area contributed by atoms with Crippen molar-refractivity contribution < 1.29 is 4.92 Å². The summed E-state index contributed by atoms with van der Waals surface area (Å²) in [6.45, 7) is 8.49. The molecule has 0 radical (unpaired) electrons. The van der Waals surface area contributed by atoms with Crippen LogP contribution < -0.4 is 4.90 Å². The lowest BCUT2D eigenvalue weighted by atomic mass is 9.99. The topological polar surface area (TPSA) is 65.8 Å². The van der Waals surface area contributed by atoms with E-state index in [1.807, 2.05) is 19.2 Å². The fourth-order valence-electron chi connectivity index (χ4n) is 3.89. The summed E-state index contributed by atoms with van der Waals surface area (Å²) in [5.41, 5.74) is 3.21. The van der Waals surface area contributed by atoms with Gasteiger partial charge in [0, 0.05) is 56.6 Å². The van der Waals surface area contributed by atoms with Crippen molar-refractivity contribution in [2.45, 2.75) is 26.4 Å². The Morgan fingerprint density at radius 1 is 1.18 bits per heavy atom. The average molecular weight is 383 g/mol. The molecule has 1 fully saturated rings. The highest BCUT2D eigenvalue weighted by Crippen LogP contribution is 2.30. The third-order valence-electron chi connectivity index (χ3n) is 5.49. The molecular weight excluding hydrogens is 354 g/mol. The monoisotopic (exact) mass is 383 g/mol. The normalized spacial score (nSPS) is 16.4. The Morgan fingerprint density at radius 3 is 2.46 bits per heavy atom. The Morgan fingerprint density at radius 2 is 1.89 bits per heavy atom. The van der Waals surface area contributed by atoms with E-state index in [1.165, 1.54) is 5.56 Å². The van der Waals surface area contributed by atoms with Gasteiger partial charge in [0.15, 0.2) is 0 Å². The molecule has 0 N–H and O–H groups in total. The first-order valence-electron chi connectivity index (χ1n) is 9.69. The second kappa shape index (κ2) is 8.67. The van der Waals surface area contributed by atoms with Gasteiger partial charge < -0.3 is 9.80 Å². The quantitative estimate of drug-likeness (QED) is 0.564. The van der Waals surface area contributed by atoms with Crippen molar-refractivity contribution in [3.8, 4) is 0 Å². The number of hydrogen-bond acceptors (Lipinski definition) is 6. The van der Waals surface area contributed by atoms with Gasteiger partial charge in [0.1, 0.15) is 5.82 Å². The van der Waals surface area contributed by atoms with Crippen molar-refractivity contribution in [1.29, 1.82) is 0 Å². The number of rotatable bonds is 6. The van der Waals surface area contributed by atoms with Crippen LogP contribution in [0.5, 0.6) is 0 Å². The molecular formula is C21H29N5O2. The minimum atomic E-state index is -0.297. The highest BCUT2D eigenvalue weighted by molar-refractivity contribution is 5.46. The molecule has 0 bridgehead atoms. The van der Waals surface area contributed by atoms with Crippen molar-refractivity contribution in [1.82, 2.24) is 14.8 Å². The Bertz CT molecular complexity index is 814. The van der Waals surface area contributed by atoms with Crippen LogP contribution in [0.4, 0.5) is 11.5 Å². The molecule has 2 heterocycles. The van der Waals surface area contributed by atoms with Gasteiger partial charge >= 0.3 is 0 Å². The third-order valence-corrected chi connectivity index (χ3v) is 5.49. The first kappa shape index (κ1) is 20.2. The van der Waals surface area contributed by atoms with Crippen molar-refractivity contribution in [3.63, 3.8) is 0 Å². The number of nitro groups is 1. The van der Waals surface area contributed by atoms with E-state index in [-0.39, 0.29) is 16.7 Å². The molecule has 1 atom stereocenters. The Kier molecular flexibility index (Phi) is 6.26. The van der Waals surface area contributed by atoms with Crippen LogP contribution in [0.15, 0.2) is 36.5 Å². The average Bonchev–Trinajstić information content (AvgIpc) is 2.68. The second-order valence-electron chi connectivity index (χ2n) is 7.71. The summed E-state index contributed by atoms with van der Waals surface area (Å²) in [5, 5.41) is 11.2. The number of anilines is 1. The van der Waals surface area contributed by atoms with E-state index < -0.39 is 0 Å². The molecule has 3 rings (SSSR count). The number of nitrogens with zero attached hydrogens (tertiary/aromatic N) is 5. The first-order chi connectivity index (χ1) is 13.4. The molecule has 1 saturated heterocycles. The molecule has 0 saturated carbocycles. The zero-order chi connectivity index (χ0) is 20.3. The van der Waals surface area contributed by atoms with Gasteiger partial charge in [-0.25, -0.2) is 4.98 Å². The summed E-state index contributed by atoms with van der Waals surface area (Å²) in [6.07, 6.45) is 1.96. The van der Waals surface area contributed by atoms with Crippen molar-refractivity contribution in [2.75, 3.05) is 45.2 Å². The summed E-state index contributed by atoms with van der Waals surface area (Å²) in [4.78, 5) is 22.4. The van der Waals surface area contributed by atoms with E-state index in [2.05, 4.69) is 52.8 Å². The lowest BCUT2D eigenvalue weighted by Gasteiger charge is -2.39. The van der Waals surface area contributed by atoms with Crippen molar-refractivity contribution in [3.05, 3.63) is 63.3 Å². The Hall–Kier alpha value is -2.51. The zero-order valence-electron chi connectivity index (χ0n) is 17.1. The molecule has 1 aliphatic heterocycles. The minimum absolute atomic E-state index is 0.150. The molecule has 0 amide bonds. The van der Waals surface area contributed by atoms with Crippen LogP contribution in [0, 0.1) is 17.0 Å². The standard InChI is InChI=1S/C21H29N5O2/c1-16-19(6-5-7-20(16)26(27)28)17(2)24-10-12-25(13-11-24)21-9-8-18(14-22-21)15-23(3)4/h5-9,14,17H,10-13,15H2,1-4H3/t17-/m0/s1. The molecule has 7 nitrogen and oxygen atoms in total. The van der Waals surface area contributed by atoms with Gasteiger partial charge in [-0.1, -0.05) is 18.2 Å². The van der Waals surface area contributed by atoms with Crippen LogP contribution in [-0.4, -0.2) is 60.0 Å². The largest absolute Gasteiger partial charge is 0.354 e. The Balaban J connectivity index is 1.64. The van der Waals surface area contributed by atoms with Crippen LogP contribution in [0.1, 0.15) is 29.7 Å². The molecule has 1 aliphatic rings. The van der Waals surface area contributed by atoms with E-state index >= 15 is 0 Å². The van der Waals surface area contributed by atoms with E-state index in [4.69, 9.17) is 0 Å². The van der Waals surface area contributed by atoms with E-state index in [9.17, 15) is 10.1 Å². The van der Waals surface area contributed by atoms with Crippen LogP contribution in [-0.2, 0) is 6.54 Å². The van der Waals surface area contributed by atoms with Crippen LogP contribution >= 0.6 is 0 Å². The number of pyridine rings is 1. The predicted molar refractivity (Wildman–Crippen MR) is 112 cm³/mol. The number of aromatic nitrogens is 1. The molecule has 0 aliphatic carbocycles. The first-order valence-corrected chi connectivity index (χ1v) is 9.69. The summed E-state index contributed by atoms with van der Waals surface area (Å²) in [7, 11) is 4.11. The number of hydrogen-bond donors (Lipinski definition) is 0. The fourth-order valence-corrected chi connectivity index (χ4v) is 3.89. The lowest BCUT2D eigenvalue weighted by molar-refractivity contribution is -0.385. The number of piperazine rings is 1.